The normalized spacial score (nSPS) is 33.8. The minimum Gasteiger partial charge on any atom is -0.0654 e. The zero-order chi connectivity index (χ0) is 8.01. The van der Waals surface area contributed by atoms with Gasteiger partial charge >= 0.3 is 0 Å². The van der Waals surface area contributed by atoms with E-state index < -0.39 is 0 Å². The first-order valence-corrected chi connectivity index (χ1v) is 4.97. The molecule has 0 amide bonds. The van der Waals surface area contributed by atoms with E-state index in [1.54, 1.807) is 0 Å². The minimum atomic E-state index is 0.896. The summed E-state index contributed by atoms with van der Waals surface area (Å²) >= 11 is 0. The molecule has 0 fully saturated rings. The van der Waals surface area contributed by atoms with Gasteiger partial charge in [0.15, 0.2) is 0 Å². The summed E-state index contributed by atoms with van der Waals surface area (Å²) in [7, 11) is 0. The van der Waals surface area contributed by atoms with Gasteiger partial charge in [0, 0.05) is 0 Å². The summed E-state index contributed by atoms with van der Waals surface area (Å²) in [4.78, 5) is 0. The summed E-state index contributed by atoms with van der Waals surface area (Å²) in [5.74, 6) is 2.90. The molecule has 2 unspecified atom stereocenters. The van der Waals surface area contributed by atoms with Crippen LogP contribution in [0.2, 0.25) is 0 Å². The molecule has 0 aromatic rings. The Labute approximate surface area is 69.7 Å². The maximum atomic E-state index is 2.37. The van der Waals surface area contributed by atoms with Crippen LogP contribution in [0.15, 0.2) is 11.1 Å². The molecule has 2 aliphatic rings. The molecular formula is C11H18. The summed E-state index contributed by atoms with van der Waals surface area (Å²) in [6.07, 6.45) is 4.22. The lowest BCUT2D eigenvalue weighted by Crippen LogP contribution is -2.23. The SMILES string of the molecule is CCCC1C2=C(C2)C1C(C)C. The molecule has 0 aromatic carbocycles. The van der Waals surface area contributed by atoms with Gasteiger partial charge in [0.2, 0.25) is 0 Å². The van der Waals surface area contributed by atoms with Gasteiger partial charge in [0.05, 0.1) is 0 Å². The van der Waals surface area contributed by atoms with Crippen LogP contribution in [0.3, 0.4) is 0 Å². The highest BCUT2D eigenvalue weighted by Crippen LogP contribution is 2.61. The molecule has 11 heavy (non-hydrogen) atoms. The van der Waals surface area contributed by atoms with Crippen molar-refractivity contribution in [3.05, 3.63) is 11.1 Å². The standard InChI is InChI=1S/C11H18/c1-4-5-8-9-6-10(9)11(8)7(2)3/h7-8,11H,4-6H2,1-3H3. The van der Waals surface area contributed by atoms with E-state index in [1.807, 2.05) is 11.1 Å². The fourth-order valence-electron chi connectivity index (χ4n) is 2.76. The van der Waals surface area contributed by atoms with E-state index in [4.69, 9.17) is 0 Å². The molecule has 0 N–H and O–H groups in total. The quantitative estimate of drug-likeness (QED) is 0.541. The molecule has 2 rings (SSSR count). The van der Waals surface area contributed by atoms with E-state index in [0.29, 0.717) is 0 Å². The van der Waals surface area contributed by atoms with Crippen LogP contribution in [0.1, 0.15) is 40.0 Å². The Hall–Kier alpha value is -0.260. The molecule has 0 spiro atoms. The van der Waals surface area contributed by atoms with E-state index in [1.165, 1.54) is 19.3 Å². The van der Waals surface area contributed by atoms with Crippen LogP contribution in [0.25, 0.3) is 0 Å². The van der Waals surface area contributed by atoms with E-state index in [9.17, 15) is 0 Å². The monoisotopic (exact) mass is 150 g/mol. The fraction of sp³-hybridized carbons (Fsp3) is 0.818. The third-order valence-electron chi connectivity index (χ3n) is 3.27. The molecule has 2 aliphatic carbocycles. The summed E-state index contributed by atoms with van der Waals surface area (Å²) in [6.45, 7) is 7.04. The largest absolute Gasteiger partial charge is 0.0654 e. The van der Waals surface area contributed by atoms with Crippen molar-refractivity contribution in [1.82, 2.24) is 0 Å². The Bertz CT molecular complexity index is 198. The Morgan fingerprint density at radius 2 is 2.09 bits per heavy atom. The van der Waals surface area contributed by atoms with Crippen molar-refractivity contribution in [1.29, 1.82) is 0 Å². The third kappa shape index (κ3) is 0.953. The van der Waals surface area contributed by atoms with Crippen LogP contribution in [0.5, 0.6) is 0 Å². The fourth-order valence-corrected chi connectivity index (χ4v) is 2.76. The van der Waals surface area contributed by atoms with Gasteiger partial charge in [0.25, 0.3) is 0 Å². The average Bonchev–Trinajstić information content (AvgIpc) is 2.58. The van der Waals surface area contributed by atoms with Crippen molar-refractivity contribution in [2.24, 2.45) is 17.8 Å². The van der Waals surface area contributed by atoms with Crippen molar-refractivity contribution in [2.75, 3.05) is 0 Å². The molecule has 0 nitrogen and oxygen atoms in total. The number of hydrogen-bond acceptors (Lipinski definition) is 0. The van der Waals surface area contributed by atoms with Gasteiger partial charge in [-0.15, -0.1) is 0 Å². The van der Waals surface area contributed by atoms with Crippen LogP contribution in [0.4, 0.5) is 0 Å². The van der Waals surface area contributed by atoms with E-state index in [2.05, 4.69) is 20.8 Å². The summed E-state index contributed by atoms with van der Waals surface area (Å²) in [5.41, 5.74) is 3.67. The van der Waals surface area contributed by atoms with Crippen LogP contribution >= 0.6 is 0 Å². The van der Waals surface area contributed by atoms with E-state index in [0.717, 1.165) is 17.8 Å². The number of allylic oxidation sites excluding steroid dienone is 2. The lowest BCUT2D eigenvalue weighted by atomic mass is 9.73. The second-order valence-electron chi connectivity index (χ2n) is 4.39. The first kappa shape index (κ1) is 7.39. The smallest absolute Gasteiger partial charge is 0.00965 e. The van der Waals surface area contributed by atoms with Gasteiger partial charge in [-0.25, -0.2) is 0 Å². The topological polar surface area (TPSA) is 0 Å². The average molecular weight is 150 g/mol. The van der Waals surface area contributed by atoms with Gasteiger partial charge in [-0.1, -0.05) is 38.3 Å². The first-order valence-electron chi connectivity index (χ1n) is 4.97. The van der Waals surface area contributed by atoms with E-state index >= 15 is 0 Å². The van der Waals surface area contributed by atoms with Crippen molar-refractivity contribution >= 4 is 0 Å². The van der Waals surface area contributed by atoms with Crippen molar-refractivity contribution < 1.29 is 0 Å². The minimum absolute atomic E-state index is 0.896. The molecule has 0 heterocycles. The number of hydrogen-bond donors (Lipinski definition) is 0. The zero-order valence-corrected chi connectivity index (χ0v) is 7.85. The van der Waals surface area contributed by atoms with Gasteiger partial charge in [0.1, 0.15) is 0 Å². The Morgan fingerprint density at radius 1 is 1.36 bits per heavy atom. The van der Waals surface area contributed by atoms with Crippen LogP contribution in [0, 0.1) is 17.8 Å². The second kappa shape index (κ2) is 2.36. The van der Waals surface area contributed by atoms with Gasteiger partial charge in [-0.05, 0) is 30.6 Å². The maximum Gasteiger partial charge on any atom is -0.00965 e. The molecular weight excluding hydrogens is 132 g/mol. The first-order chi connectivity index (χ1) is 5.25. The molecule has 0 saturated carbocycles. The molecule has 2 atom stereocenters. The summed E-state index contributed by atoms with van der Waals surface area (Å²) in [5, 5.41) is 0. The molecule has 0 aliphatic heterocycles. The molecule has 62 valence electrons. The van der Waals surface area contributed by atoms with Crippen molar-refractivity contribution in [2.45, 2.75) is 40.0 Å². The highest BCUT2D eigenvalue weighted by Gasteiger charge is 2.49. The summed E-state index contributed by atoms with van der Waals surface area (Å²) in [6, 6.07) is 0. The molecule has 0 aromatic heterocycles. The van der Waals surface area contributed by atoms with E-state index in [-0.39, 0.29) is 0 Å². The Kier molecular flexibility index (Phi) is 1.59. The highest BCUT2D eigenvalue weighted by atomic mass is 14.5. The third-order valence-corrected chi connectivity index (χ3v) is 3.27. The van der Waals surface area contributed by atoms with Crippen LogP contribution in [-0.2, 0) is 0 Å². The molecule has 0 radical (unpaired) electrons. The molecule has 0 bridgehead atoms. The second-order valence-corrected chi connectivity index (χ2v) is 4.39. The predicted octanol–water partition coefficient (Wildman–Crippen LogP) is 3.39. The maximum absolute atomic E-state index is 2.37. The zero-order valence-electron chi connectivity index (χ0n) is 7.85. The van der Waals surface area contributed by atoms with Gasteiger partial charge in [-0.3, -0.25) is 0 Å². The Morgan fingerprint density at radius 3 is 2.64 bits per heavy atom. The lowest BCUT2D eigenvalue weighted by Gasteiger charge is -2.31. The van der Waals surface area contributed by atoms with Crippen molar-refractivity contribution in [3.8, 4) is 0 Å². The molecule has 0 heteroatoms. The Balaban J connectivity index is 1.98. The number of rotatable bonds is 3. The van der Waals surface area contributed by atoms with Crippen LogP contribution < -0.4 is 0 Å². The van der Waals surface area contributed by atoms with Gasteiger partial charge < -0.3 is 0 Å². The van der Waals surface area contributed by atoms with Crippen LogP contribution in [-0.4, -0.2) is 0 Å². The lowest BCUT2D eigenvalue weighted by molar-refractivity contribution is 0.309. The van der Waals surface area contributed by atoms with Gasteiger partial charge in [-0.2, -0.15) is 0 Å². The molecule has 0 saturated heterocycles. The predicted molar refractivity (Wildman–Crippen MR) is 48.4 cm³/mol. The van der Waals surface area contributed by atoms with Crippen molar-refractivity contribution in [3.63, 3.8) is 0 Å². The summed E-state index contributed by atoms with van der Waals surface area (Å²) < 4.78 is 0. The highest BCUT2D eigenvalue weighted by molar-refractivity contribution is 5.50.